The van der Waals surface area contributed by atoms with Crippen molar-refractivity contribution in [3.05, 3.63) is 46.0 Å². The van der Waals surface area contributed by atoms with Crippen molar-refractivity contribution >= 4 is 16.9 Å². The van der Waals surface area contributed by atoms with E-state index in [9.17, 15) is 14.0 Å². The van der Waals surface area contributed by atoms with Gasteiger partial charge in [0.25, 0.3) is 0 Å². The molecule has 5 heteroatoms. The van der Waals surface area contributed by atoms with Gasteiger partial charge in [0.05, 0.1) is 5.52 Å². The smallest absolute Gasteiger partial charge is 0.341 e. The maximum Gasteiger partial charge on any atom is 0.341 e. The number of para-hydroxylation sites is 1. The second-order valence-corrected chi connectivity index (χ2v) is 3.60. The zero-order chi connectivity index (χ0) is 12.6. The normalized spacial score (nSPS) is 10.7. The highest BCUT2D eigenvalue weighted by Crippen LogP contribution is 2.15. The summed E-state index contributed by atoms with van der Waals surface area (Å²) in [6.45, 7) is 2.14. The number of aryl methyl sites for hydroxylation is 1. The van der Waals surface area contributed by atoms with Crippen molar-refractivity contribution in [1.82, 2.24) is 4.57 Å². The first-order chi connectivity index (χ1) is 8.06. The van der Waals surface area contributed by atoms with Crippen LogP contribution in [0.2, 0.25) is 0 Å². The molecule has 0 fully saturated rings. The molecule has 0 aliphatic rings. The average Bonchev–Trinajstić information content (AvgIpc) is 2.30. The van der Waals surface area contributed by atoms with Crippen LogP contribution in [-0.2, 0) is 6.54 Å². The molecule has 4 nitrogen and oxygen atoms in total. The minimum atomic E-state index is -1.30. The Bertz CT molecular complexity index is 661. The zero-order valence-electron chi connectivity index (χ0n) is 9.11. The predicted octanol–water partition coefficient (Wildman–Crippen LogP) is 1.86. The van der Waals surface area contributed by atoms with Crippen molar-refractivity contribution in [3.8, 4) is 0 Å². The van der Waals surface area contributed by atoms with Crippen LogP contribution in [0.4, 0.5) is 4.39 Å². The molecule has 0 aliphatic heterocycles. The van der Waals surface area contributed by atoms with E-state index in [0.29, 0.717) is 6.54 Å². The molecular weight excluding hydrogens is 225 g/mol. The lowest BCUT2D eigenvalue weighted by Gasteiger charge is -2.10. The largest absolute Gasteiger partial charge is 0.477 e. The zero-order valence-corrected chi connectivity index (χ0v) is 9.11. The summed E-state index contributed by atoms with van der Waals surface area (Å²) in [4.78, 5) is 22.7. The fourth-order valence-corrected chi connectivity index (χ4v) is 1.82. The second kappa shape index (κ2) is 4.01. The van der Waals surface area contributed by atoms with E-state index in [1.807, 2.05) is 0 Å². The van der Waals surface area contributed by atoms with E-state index < -0.39 is 17.2 Å². The Labute approximate surface area is 95.9 Å². The quantitative estimate of drug-likeness (QED) is 0.864. The van der Waals surface area contributed by atoms with Crippen LogP contribution >= 0.6 is 0 Å². The highest BCUT2D eigenvalue weighted by atomic mass is 19.1. The van der Waals surface area contributed by atoms with Crippen LogP contribution in [0.15, 0.2) is 29.2 Å². The van der Waals surface area contributed by atoms with E-state index in [1.54, 1.807) is 6.92 Å². The van der Waals surface area contributed by atoms with Gasteiger partial charge in [0.1, 0.15) is 11.4 Å². The summed E-state index contributed by atoms with van der Waals surface area (Å²) >= 11 is 0. The SMILES string of the molecule is CCn1cc(C(=O)O)c(=O)c2cccc(F)c21. The van der Waals surface area contributed by atoms with Gasteiger partial charge < -0.3 is 9.67 Å². The second-order valence-electron chi connectivity index (χ2n) is 3.60. The summed E-state index contributed by atoms with van der Waals surface area (Å²) < 4.78 is 15.1. The van der Waals surface area contributed by atoms with Gasteiger partial charge >= 0.3 is 5.97 Å². The lowest BCUT2D eigenvalue weighted by Crippen LogP contribution is -2.19. The summed E-state index contributed by atoms with van der Waals surface area (Å²) in [5, 5.41) is 9.00. The minimum absolute atomic E-state index is 0.0896. The van der Waals surface area contributed by atoms with Crippen LogP contribution < -0.4 is 5.43 Å². The average molecular weight is 235 g/mol. The molecule has 0 amide bonds. The number of hydrogen-bond acceptors (Lipinski definition) is 2. The Morgan fingerprint density at radius 3 is 2.76 bits per heavy atom. The number of fused-ring (bicyclic) bond motifs is 1. The lowest BCUT2D eigenvalue weighted by atomic mass is 10.1. The van der Waals surface area contributed by atoms with Crippen molar-refractivity contribution in [1.29, 1.82) is 0 Å². The first-order valence-electron chi connectivity index (χ1n) is 5.11. The molecule has 2 aromatic rings. The van der Waals surface area contributed by atoms with Crippen molar-refractivity contribution in [2.45, 2.75) is 13.5 Å². The molecule has 0 saturated heterocycles. The van der Waals surface area contributed by atoms with Crippen LogP contribution in [0.3, 0.4) is 0 Å². The summed E-state index contributed by atoms with van der Waals surface area (Å²) in [7, 11) is 0. The number of halogens is 1. The number of aromatic nitrogens is 1. The highest BCUT2D eigenvalue weighted by Gasteiger charge is 2.15. The molecule has 0 radical (unpaired) electrons. The molecule has 0 spiro atoms. The van der Waals surface area contributed by atoms with Gasteiger partial charge in [0.2, 0.25) is 5.43 Å². The third-order valence-corrected chi connectivity index (χ3v) is 2.62. The Kier molecular flexibility index (Phi) is 2.67. The number of carboxylic acid groups (broad SMARTS) is 1. The fraction of sp³-hybridized carbons (Fsp3) is 0.167. The number of benzene rings is 1. The first-order valence-corrected chi connectivity index (χ1v) is 5.11. The molecule has 0 unspecified atom stereocenters. The Balaban J connectivity index is 3.00. The van der Waals surface area contributed by atoms with Gasteiger partial charge in [-0.3, -0.25) is 4.79 Å². The van der Waals surface area contributed by atoms with E-state index in [1.165, 1.54) is 29.0 Å². The molecule has 2 rings (SSSR count). The molecule has 0 atom stereocenters. The minimum Gasteiger partial charge on any atom is -0.477 e. The molecule has 0 aliphatic carbocycles. The standard InChI is InChI=1S/C12H10FNO3/c1-2-14-6-8(12(16)17)11(15)7-4-3-5-9(13)10(7)14/h3-6H,2H2,1H3,(H,16,17). The third kappa shape index (κ3) is 1.69. The fourth-order valence-electron chi connectivity index (χ4n) is 1.82. The molecule has 1 aromatic carbocycles. The van der Waals surface area contributed by atoms with Crippen molar-refractivity contribution in [2.24, 2.45) is 0 Å². The lowest BCUT2D eigenvalue weighted by molar-refractivity contribution is 0.0695. The maximum atomic E-state index is 13.6. The Morgan fingerprint density at radius 2 is 2.18 bits per heavy atom. The molecule has 0 bridgehead atoms. The Hall–Kier alpha value is -2.17. The predicted molar refractivity (Wildman–Crippen MR) is 60.8 cm³/mol. The number of carbonyl (C=O) groups is 1. The summed E-state index contributed by atoms with van der Waals surface area (Å²) in [6, 6.07) is 4.07. The summed E-state index contributed by atoms with van der Waals surface area (Å²) in [6.07, 6.45) is 1.18. The number of aromatic carboxylic acids is 1. The van der Waals surface area contributed by atoms with E-state index in [2.05, 4.69) is 0 Å². The molecule has 0 saturated carbocycles. The van der Waals surface area contributed by atoms with Crippen LogP contribution in [0.1, 0.15) is 17.3 Å². The molecule has 1 N–H and O–H groups in total. The molecule has 1 heterocycles. The number of rotatable bonds is 2. The van der Waals surface area contributed by atoms with Gasteiger partial charge in [-0.25, -0.2) is 9.18 Å². The topological polar surface area (TPSA) is 59.3 Å². The summed E-state index contributed by atoms with van der Waals surface area (Å²) in [5.74, 6) is -1.83. The van der Waals surface area contributed by atoms with Crippen LogP contribution in [0.5, 0.6) is 0 Å². The molecular formula is C12H10FNO3. The van der Waals surface area contributed by atoms with Gasteiger partial charge in [-0.05, 0) is 19.1 Å². The first kappa shape index (κ1) is 11.3. The van der Waals surface area contributed by atoms with E-state index in [0.717, 1.165) is 0 Å². The summed E-state index contributed by atoms with van der Waals surface area (Å²) in [5.41, 5.74) is -0.855. The third-order valence-electron chi connectivity index (χ3n) is 2.62. The van der Waals surface area contributed by atoms with Crippen molar-refractivity contribution in [2.75, 3.05) is 0 Å². The molecule has 88 valence electrons. The maximum absolute atomic E-state index is 13.6. The van der Waals surface area contributed by atoms with Crippen LogP contribution in [0.25, 0.3) is 10.9 Å². The van der Waals surface area contributed by atoms with Gasteiger partial charge in [-0.2, -0.15) is 0 Å². The van der Waals surface area contributed by atoms with E-state index >= 15 is 0 Å². The van der Waals surface area contributed by atoms with Crippen molar-refractivity contribution < 1.29 is 14.3 Å². The number of carboxylic acids is 1. The van der Waals surface area contributed by atoms with Crippen LogP contribution in [-0.4, -0.2) is 15.6 Å². The highest BCUT2D eigenvalue weighted by molar-refractivity contribution is 5.92. The number of hydrogen-bond donors (Lipinski definition) is 1. The Morgan fingerprint density at radius 1 is 1.47 bits per heavy atom. The van der Waals surface area contributed by atoms with Gasteiger partial charge in [0.15, 0.2) is 0 Å². The molecule has 17 heavy (non-hydrogen) atoms. The number of nitrogens with zero attached hydrogens (tertiary/aromatic N) is 1. The van der Waals surface area contributed by atoms with Gasteiger partial charge in [0, 0.05) is 18.1 Å². The molecule has 1 aromatic heterocycles. The van der Waals surface area contributed by atoms with Crippen molar-refractivity contribution in [3.63, 3.8) is 0 Å². The van der Waals surface area contributed by atoms with E-state index in [-0.39, 0.29) is 16.5 Å². The monoisotopic (exact) mass is 235 g/mol. The van der Waals surface area contributed by atoms with Gasteiger partial charge in [-0.1, -0.05) is 6.07 Å². The number of pyridine rings is 1. The van der Waals surface area contributed by atoms with E-state index in [4.69, 9.17) is 5.11 Å². The van der Waals surface area contributed by atoms with Gasteiger partial charge in [-0.15, -0.1) is 0 Å². The van der Waals surface area contributed by atoms with Crippen LogP contribution in [0, 0.1) is 5.82 Å².